The summed E-state index contributed by atoms with van der Waals surface area (Å²) in [4.78, 5) is 39.0. The van der Waals surface area contributed by atoms with Crippen LogP contribution in [0, 0.1) is 0 Å². The van der Waals surface area contributed by atoms with Gasteiger partial charge in [-0.05, 0) is 38.5 Å². The Morgan fingerprint density at radius 2 is 2.11 bits per heavy atom. The number of carbonyl (C=O) groups excluding carboxylic acids is 3. The van der Waals surface area contributed by atoms with E-state index in [9.17, 15) is 14.4 Å². The summed E-state index contributed by atoms with van der Waals surface area (Å²) in [6, 6.07) is 6.21. The van der Waals surface area contributed by atoms with Crippen molar-refractivity contribution in [1.29, 1.82) is 0 Å². The number of rotatable bonds is 3. The maximum atomic E-state index is 13.0. The highest BCUT2D eigenvalue weighted by Gasteiger charge is 2.45. The van der Waals surface area contributed by atoms with Gasteiger partial charge in [-0.3, -0.25) is 9.69 Å². The van der Waals surface area contributed by atoms with Gasteiger partial charge < -0.3 is 14.8 Å². The highest BCUT2D eigenvalue weighted by Crippen LogP contribution is 2.42. The van der Waals surface area contributed by atoms with E-state index in [1.54, 1.807) is 20.8 Å². The number of ether oxygens (including phenoxy) is 2. The van der Waals surface area contributed by atoms with E-state index in [-0.39, 0.29) is 11.3 Å². The summed E-state index contributed by atoms with van der Waals surface area (Å²) in [5, 5.41) is 2.35. The molecule has 9 heteroatoms. The van der Waals surface area contributed by atoms with Gasteiger partial charge in [0.2, 0.25) is 5.91 Å². The lowest BCUT2D eigenvalue weighted by molar-refractivity contribution is -0.141. The van der Waals surface area contributed by atoms with Gasteiger partial charge in [0.05, 0.1) is 6.61 Å². The highest BCUT2D eigenvalue weighted by atomic mass is 79.9. The molecule has 152 valence electrons. The van der Waals surface area contributed by atoms with Crippen molar-refractivity contribution < 1.29 is 23.9 Å². The van der Waals surface area contributed by atoms with Crippen LogP contribution in [-0.4, -0.2) is 52.9 Å². The van der Waals surface area contributed by atoms with Crippen molar-refractivity contribution in [2.75, 3.05) is 12.4 Å². The number of cyclic esters (lactones) is 1. The minimum Gasteiger partial charge on any atom is -0.464 e. The monoisotopic (exact) mass is 470 g/mol. The Kier molecular flexibility index (Phi) is 6.24. The van der Waals surface area contributed by atoms with Crippen LogP contribution in [0.15, 0.2) is 28.7 Å². The van der Waals surface area contributed by atoms with Crippen molar-refractivity contribution in [1.82, 2.24) is 10.2 Å². The van der Waals surface area contributed by atoms with Gasteiger partial charge in [0.25, 0.3) is 0 Å². The summed E-state index contributed by atoms with van der Waals surface area (Å²) >= 11 is 4.94. The number of halogens is 1. The fourth-order valence-corrected chi connectivity index (χ4v) is 4.88. The first-order valence-corrected chi connectivity index (χ1v) is 10.9. The van der Waals surface area contributed by atoms with E-state index in [1.165, 1.54) is 16.7 Å². The van der Waals surface area contributed by atoms with Gasteiger partial charge in [0.15, 0.2) is 0 Å². The molecule has 2 heterocycles. The predicted molar refractivity (Wildman–Crippen MR) is 109 cm³/mol. The van der Waals surface area contributed by atoms with E-state index in [4.69, 9.17) is 9.47 Å². The smallest absolute Gasteiger partial charge is 0.412 e. The molecule has 1 aromatic carbocycles. The second kappa shape index (κ2) is 8.32. The molecular formula is C19H23BrN2O5S. The van der Waals surface area contributed by atoms with E-state index in [0.29, 0.717) is 18.8 Å². The lowest BCUT2D eigenvalue weighted by atomic mass is 10.1. The van der Waals surface area contributed by atoms with Gasteiger partial charge in [0, 0.05) is 16.6 Å². The molecule has 0 radical (unpaired) electrons. The van der Waals surface area contributed by atoms with Crippen LogP contribution in [0.3, 0.4) is 0 Å². The molecule has 2 amide bonds. The molecule has 7 nitrogen and oxygen atoms in total. The van der Waals surface area contributed by atoms with Gasteiger partial charge in [-0.25, -0.2) is 9.59 Å². The molecule has 0 aromatic heterocycles. The molecule has 0 aliphatic carbocycles. The molecule has 2 aliphatic rings. The number of nitrogens with one attached hydrogen (secondary N) is 1. The number of thioether (sulfide) groups is 1. The first-order valence-electron chi connectivity index (χ1n) is 9.01. The standard InChI is InChI=1S/C19H23BrN2O5S/c1-19(2,3)27-18(25)22-14(15(23)21-13-7-8-26-17(13)24)10-28-16(22)11-5-4-6-12(20)9-11/h4-6,9,13-14,16H,7-8,10H2,1-3H3,(H,21,23). The molecule has 3 atom stereocenters. The second-order valence-electron chi connectivity index (χ2n) is 7.66. The Morgan fingerprint density at radius 3 is 2.71 bits per heavy atom. The van der Waals surface area contributed by atoms with Crippen LogP contribution in [0.25, 0.3) is 0 Å². The van der Waals surface area contributed by atoms with Crippen molar-refractivity contribution >= 4 is 45.7 Å². The average molecular weight is 471 g/mol. The molecule has 2 fully saturated rings. The predicted octanol–water partition coefficient (Wildman–Crippen LogP) is 3.23. The molecule has 0 saturated carbocycles. The van der Waals surface area contributed by atoms with Gasteiger partial charge in [-0.2, -0.15) is 0 Å². The molecule has 0 spiro atoms. The van der Waals surface area contributed by atoms with E-state index >= 15 is 0 Å². The van der Waals surface area contributed by atoms with Gasteiger partial charge in [-0.1, -0.05) is 28.1 Å². The minimum absolute atomic E-state index is 0.291. The number of amides is 2. The highest BCUT2D eigenvalue weighted by molar-refractivity contribution is 9.10. The van der Waals surface area contributed by atoms with Crippen LogP contribution >= 0.6 is 27.7 Å². The Labute approximate surface area is 176 Å². The average Bonchev–Trinajstić information content (AvgIpc) is 3.20. The fraction of sp³-hybridized carbons (Fsp3) is 0.526. The first kappa shape index (κ1) is 21.0. The van der Waals surface area contributed by atoms with Crippen LogP contribution in [-0.2, 0) is 19.1 Å². The third-order valence-electron chi connectivity index (χ3n) is 4.29. The molecule has 1 N–H and O–H groups in total. The number of benzene rings is 1. The first-order chi connectivity index (χ1) is 13.2. The molecule has 1 aromatic rings. The normalized spacial score (nSPS) is 24.8. The molecule has 3 unspecified atom stereocenters. The molecule has 3 rings (SSSR count). The van der Waals surface area contributed by atoms with Crippen molar-refractivity contribution in [2.45, 2.75) is 50.3 Å². The Hall–Kier alpha value is -1.74. The Balaban J connectivity index is 1.84. The van der Waals surface area contributed by atoms with Crippen LogP contribution in [0.5, 0.6) is 0 Å². The van der Waals surface area contributed by atoms with Gasteiger partial charge in [-0.15, -0.1) is 11.8 Å². The molecule has 2 aliphatic heterocycles. The molecule has 0 bridgehead atoms. The third-order valence-corrected chi connectivity index (χ3v) is 6.11. The topological polar surface area (TPSA) is 84.9 Å². The zero-order chi connectivity index (χ0) is 20.5. The minimum atomic E-state index is -0.739. The van der Waals surface area contributed by atoms with Crippen LogP contribution in [0.2, 0.25) is 0 Å². The summed E-state index contributed by atoms with van der Waals surface area (Å²) in [6.45, 7) is 5.64. The summed E-state index contributed by atoms with van der Waals surface area (Å²) in [5.41, 5.74) is 0.198. The molecule has 28 heavy (non-hydrogen) atoms. The summed E-state index contributed by atoms with van der Waals surface area (Å²) in [6.07, 6.45) is -0.122. The number of hydrogen-bond acceptors (Lipinski definition) is 6. The van der Waals surface area contributed by atoms with E-state index in [0.717, 1.165) is 10.0 Å². The van der Waals surface area contributed by atoms with Crippen molar-refractivity contribution in [2.24, 2.45) is 0 Å². The van der Waals surface area contributed by atoms with Crippen LogP contribution in [0.4, 0.5) is 4.79 Å². The lowest BCUT2D eigenvalue weighted by Gasteiger charge is -2.31. The summed E-state index contributed by atoms with van der Waals surface area (Å²) in [5.74, 6) is -0.407. The van der Waals surface area contributed by atoms with Crippen molar-refractivity contribution in [3.05, 3.63) is 34.3 Å². The van der Waals surface area contributed by atoms with Gasteiger partial charge in [0.1, 0.15) is 23.1 Å². The van der Waals surface area contributed by atoms with E-state index < -0.39 is 29.7 Å². The zero-order valence-corrected chi connectivity index (χ0v) is 18.3. The number of carbonyl (C=O) groups is 3. The Morgan fingerprint density at radius 1 is 1.36 bits per heavy atom. The summed E-state index contributed by atoms with van der Waals surface area (Å²) in [7, 11) is 0. The zero-order valence-electron chi connectivity index (χ0n) is 15.9. The SMILES string of the molecule is CC(C)(C)OC(=O)N1C(C(=O)NC2CCOC2=O)CSC1c1cccc(Br)c1. The second-order valence-corrected chi connectivity index (χ2v) is 9.69. The largest absolute Gasteiger partial charge is 0.464 e. The fourth-order valence-electron chi connectivity index (χ4n) is 3.06. The van der Waals surface area contributed by atoms with E-state index in [2.05, 4.69) is 21.2 Å². The van der Waals surface area contributed by atoms with Crippen molar-refractivity contribution in [3.63, 3.8) is 0 Å². The molecular weight excluding hydrogens is 448 g/mol. The lowest BCUT2D eigenvalue weighted by Crippen LogP contribution is -2.52. The maximum absolute atomic E-state index is 13.0. The number of nitrogens with zero attached hydrogens (tertiary/aromatic N) is 1. The van der Waals surface area contributed by atoms with E-state index in [1.807, 2.05) is 24.3 Å². The van der Waals surface area contributed by atoms with Crippen LogP contribution < -0.4 is 5.32 Å². The third kappa shape index (κ3) is 4.81. The quantitative estimate of drug-likeness (QED) is 0.682. The van der Waals surface area contributed by atoms with Gasteiger partial charge >= 0.3 is 12.1 Å². The number of esters is 1. The van der Waals surface area contributed by atoms with Crippen LogP contribution in [0.1, 0.15) is 38.1 Å². The van der Waals surface area contributed by atoms with Crippen molar-refractivity contribution in [3.8, 4) is 0 Å². The molecule has 2 saturated heterocycles. The maximum Gasteiger partial charge on any atom is 0.412 e. The Bertz CT molecular complexity index is 782. The summed E-state index contributed by atoms with van der Waals surface area (Å²) < 4.78 is 11.4. The number of hydrogen-bond donors (Lipinski definition) is 1.